The van der Waals surface area contributed by atoms with Gasteiger partial charge >= 0.3 is 6.09 Å². The first-order chi connectivity index (χ1) is 10.1. The molecule has 2 amide bonds. The molecule has 1 aliphatic heterocycles. The van der Waals surface area contributed by atoms with E-state index in [1.54, 1.807) is 13.1 Å². The Bertz CT molecular complexity index is 486. The van der Waals surface area contributed by atoms with Gasteiger partial charge in [-0.25, -0.2) is 9.78 Å². The Balaban J connectivity index is 1.86. The number of hydrogen-bond donors (Lipinski definition) is 1. The highest BCUT2D eigenvalue weighted by molar-refractivity contribution is 5.94. The lowest BCUT2D eigenvalue weighted by Crippen LogP contribution is -2.54. The first-order valence-corrected chi connectivity index (χ1v) is 6.90. The molecule has 7 nitrogen and oxygen atoms in total. The van der Waals surface area contributed by atoms with Crippen molar-refractivity contribution >= 4 is 17.8 Å². The Morgan fingerprint density at radius 3 is 2.57 bits per heavy atom. The van der Waals surface area contributed by atoms with Gasteiger partial charge < -0.3 is 9.64 Å². The number of nitrogens with zero attached hydrogens (tertiary/aromatic N) is 3. The zero-order valence-corrected chi connectivity index (χ0v) is 12.3. The summed E-state index contributed by atoms with van der Waals surface area (Å²) in [4.78, 5) is 31.5. The lowest BCUT2D eigenvalue weighted by Gasteiger charge is -2.37. The van der Waals surface area contributed by atoms with Crippen LogP contribution in [0.5, 0.6) is 0 Å². The number of imide groups is 1. The number of carbonyl (C=O) groups is 2. The van der Waals surface area contributed by atoms with Crippen molar-refractivity contribution in [2.45, 2.75) is 13.0 Å². The fraction of sp³-hybridized carbons (Fsp3) is 0.500. The van der Waals surface area contributed by atoms with Crippen molar-refractivity contribution in [2.24, 2.45) is 0 Å². The number of ether oxygens (including phenoxy) is 1. The molecule has 114 valence electrons. The van der Waals surface area contributed by atoms with Gasteiger partial charge in [0.15, 0.2) is 0 Å². The fourth-order valence-corrected chi connectivity index (χ4v) is 2.30. The normalized spacial score (nSPS) is 17.1. The lowest BCUT2D eigenvalue weighted by atomic mass is 10.2. The minimum absolute atomic E-state index is 0.340. The molecule has 2 rings (SSSR count). The maximum Gasteiger partial charge on any atom is 0.413 e. The molecule has 1 aliphatic rings. The van der Waals surface area contributed by atoms with Crippen molar-refractivity contribution in [3.05, 3.63) is 24.4 Å². The molecule has 0 bridgehead atoms. The van der Waals surface area contributed by atoms with E-state index in [0.29, 0.717) is 0 Å². The molecule has 21 heavy (non-hydrogen) atoms. The van der Waals surface area contributed by atoms with Crippen LogP contribution in [0.15, 0.2) is 24.4 Å². The minimum Gasteiger partial charge on any atom is -0.453 e. The summed E-state index contributed by atoms with van der Waals surface area (Å²) >= 11 is 0. The van der Waals surface area contributed by atoms with Gasteiger partial charge in [-0.3, -0.25) is 15.0 Å². The maximum atomic E-state index is 11.9. The van der Waals surface area contributed by atoms with E-state index in [1.807, 2.05) is 23.1 Å². The van der Waals surface area contributed by atoms with Gasteiger partial charge in [-0.1, -0.05) is 6.07 Å². The van der Waals surface area contributed by atoms with Crippen LogP contribution in [0, 0.1) is 0 Å². The van der Waals surface area contributed by atoms with E-state index >= 15 is 0 Å². The van der Waals surface area contributed by atoms with Crippen LogP contribution in [0.3, 0.4) is 0 Å². The largest absolute Gasteiger partial charge is 0.453 e. The van der Waals surface area contributed by atoms with Gasteiger partial charge in [0, 0.05) is 32.4 Å². The maximum absolute atomic E-state index is 11.9. The average Bonchev–Trinajstić information content (AvgIpc) is 2.55. The smallest absolute Gasteiger partial charge is 0.413 e. The number of rotatable bonds is 3. The molecule has 7 heteroatoms. The third-order valence-electron chi connectivity index (χ3n) is 3.63. The number of amides is 2. The molecule has 2 heterocycles. The number of alkyl carbamates (subject to hydrolysis) is 1. The van der Waals surface area contributed by atoms with E-state index in [-0.39, 0.29) is 11.9 Å². The van der Waals surface area contributed by atoms with Gasteiger partial charge in [0.2, 0.25) is 5.91 Å². The first kappa shape index (κ1) is 15.2. The molecule has 0 saturated carbocycles. The van der Waals surface area contributed by atoms with Crippen LogP contribution in [0.4, 0.5) is 10.6 Å². The molecule has 1 N–H and O–H groups in total. The van der Waals surface area contributed by atoms with Gasteiger partial charge in [0.1, 0.15) is 5.82 Å². The Morgan fingerprint density at radius 1 is 1.29 bits per heavy atom. The molecule has 0 unspecified atom stereocenters. The molecule has 0 radical (unpaired) electrons. The third-order valence-corrected chi connectivity index (χ3v) is 3.63. The zero-order valence-electron chi connectivity index (χ0n) is 12.3. The van der Waals surface area contributed by atoms with Crippen molar-refractivity contribution in [2.75, 3.05) is 38.2 Å². The van der Waals surface area contributed by atoms with Gasteiger partial charge in [0.05, 0.1) is 13.2 Å². The zero-order chi connectivity index (χ0) is 15.2. The number of aromatic nitrogens is 1. The highest BCUT2D eigenvalue weighted by Gasteiger charge is 2.26. The molecule has 1 fully saturated rings. The van der Waals surface area contributed by atoms with E-state index < -0.39 is 6.09 Å². The summed E-state index contributed by atoms with van der Waals surface area (Å²) in [6, 6.07) is 5.46. The van der Waals surface area contributed by atoms with Crippen LogP contribution in [0.2, 0.25) is 0 Å². The Labute approximate surface area is 123 Å². The van der Waals surface area contributed by atoms with E-state index in [4.69, 9.17) is 0 Å². The van der Waals surface area contributed by atoms with Crippen LogP contribution < -0.4 is 10.2 Å². The van der Waals surface area contributed by atoms with E-state index in [1.165, 1.54) is 7.11 Å². The van der Waals surface area contributed by atoms with Crippen LogP contribution >= 0.6 is 0 Å². The molecule has 1 atom stereocenters. The number of anilines is 1. The van der Waals surface area contributed by atoms with Gasteiger partial charge in [-0.05, 0) is 19.1 Å². The van der Waals surface area contributed by atoms with Crippen LogP contribution in [-0.2, 0) is 9.53 Å². The van der Waals surface area contributed by atoms with Gasteiger partial charge in [0.25, 0.3) is 0 Å². The van der Waals surface area contributed by atoms with Gasteiger partial charge in [-0.2, -0.15) is 0 Å². The highest BCUT2D eigenvalue weighted by Crippen LogP contribution is 2.14. The lowest BCUT2D eigenvalue weighted by molar-refractivity contribution is -0.125. The number of piperazine rings is 1. The van der Waals surface area contributed by atoms with Crippen molar-refractivity contribution in [3.63, 3.8) is 0 Å². The average molecular weight is 292 g/mol. The topological polar surface area (TPSA) is 74.8 Å². The number of pyridine rings is 1. The van der Waals surface area contributed by atoms with E-state index in [9.17, 15) is 9.59 Å². The Morgan fingerprint density at radius 2 is 2.00 bits per heavy atom. The van der Waals surface area contributed by atoms with Crippen LogP contribution in [0.1, 0.15) is 6.92 Å². The monoisotopic (exact) mass is 292 g/mol. The molecule has 0 spiro atoms. The summed E-state index contributed by atoms with van der Waals surface area (Å²) in [5.74, 6) is 0.608. The second-order valence-electron chi connectivity index (χ2n) is 4.87. The summed E-state index contributed by atoms with van der Waals surface area (Å²) in [7, 11) is 1.24. The molecule has 0 aromatic carbocycles. The van der Waals surface area contributed by atoms with Crippen LogP contribution in [0.25, 0.3) is 0 Å². The standard InChI is InChI=1S/C14H20N4O3/c1-11(13(19)16-14(20)21-2)17-7-9-18(10-8-17)12-5-3-4-6-15-12/h3-6,11H,7-10H2,1-2H3,(H,16,19,20)/t11-/m0/s1. The van der Waals surface area contributed by atoms with Gasteiger partial charge in [-0.15, -0.1) is 0 Å². The summed E-state index contributed by atoms with van der Waals surface area (Å²) in [6.07, 6.45) is 1.05. The van der Waals surface area contributed by atoms with Crippen molar-refractivity contribution < 1.29 is 14.3 Å². The van der Waals surface area contributed by atoms with Crippen LogP contribution in [-0.4, -0.2) is 61.2 Å². The van der Waals surface area contributed by atoms with E-state index in [2.05, 4.69) is 19.9 Å². The van der Waals surface area contributed by atoms with E-state index in [0.717, 1.165) is 32.0 Å². The number of hydrogen-bond acceptors (Lipinski definition) is 6. The molecule has 1 aromatic rings. The minimum atomic E-state index is -0.723. The highest BCUT2D eigenvalue weighted by atomic mass is 16.5. The quantitative estimate of drug-likeness (QED) is 0.873. The molecule has 1 aromatic heterocycles. The molecular formula is C14H20N4O3. The number of nitrogens with one attached hydrogen (secondary N) is 1. The Kier molecular flexibility index (Phi) is 5.10. The summed E-state index contributed by atoms with van der Waals surface area (Å²) < 4.78 is 4.43. The van der Waals surface area contributed by atoms with Crippen molar-refractivity contribution in [1.82, 2.24) is 15.2 Å². The third kappa shape index (κ3) is 3.91. The van der Waals surface area contributed by atoms with Crippen molar-refractivity contribution in [3.8, 4) is 0 Å². The Hall–Kier alpha value is -2.15. The summed E-state index contributed by atoms with van der Waals surface area (Å²) in [5.41, 5.74) is 0. The number of carbonyl (C=O) groups excluding carboxylic acids is 2. The summed E-state index contributed by atoms with van der Waals surface area (Å²) in [6.45, 7) is 4.87. The predicted molar refractivity (Wildman–Crippen MR) is 78.0 cm³/mol. The second-order valence-corrected chi connectivity index (χ2v) is 4.87. The molecular weight excluding hydrogens is 272 g/mol. The predicted octanol–water partition coefficient (Wildman–Crippen LogP) is 0.475. The molecule has 1 saturated heterocycles. The second kappa shape index (κ2) is 7.03. The number of methoxy groups -OCH3 is 1. The SMILES string of the molecule is COC(=O)NC(=O)[C@H](C)N1CCN(c2ccccn2)CC1. The molecule has 0 aliphatic carbocycles. The van der Waals surface area contributed by atoms with Crippen molar-refractivity contribution in [1.29, 1.82) is 0 Å². The first-order valence-electron chi connectivity index (χ1n) is 6.90. The summed E-state index contributed by atoms with van der Waals surface area (Å²) in [5, 5.41) is 2.20. The fourth-order valence-electron chi connectivity index (χ4n) is 2.30.